The first-order valence-corrected chi connectivity index (χ1v) is 8.53. The summed E-state index contributed by atoms with van der Waals surface area (Å²) < 4.78 is 1.25. The maximum atomic E-state index is 3.61. The summed E-state index contributed by atoms with van der Waals surface area (Å²) in [4.78, 5) is 1.50. The molecule has 0 aliphatic carbocycles. The van der Waals surface area contributed by atoms with Gasteiger partial charge in [0, 0.05) is 4.88 Å². The lowest BCUT2D eigenvalue weighted by Crippen LogP contribution is -2.28. The number of nitrogens with one attached hydrogen (secondary N) is 1. The van der Waals surface area contributed by atoms with Crippen LogP contribution in [0.2, 0.25) is 0 Å². The summed E-state index contributed by atoms with van der Waals surface area (Å²) in [6.45, 7) is 11.4. The summed E-state index contributed by atoms with van der Waals surface area (Å²) >= 11 is 5.42. The third kappa shape index (κ3) is 6.91. The van der Waals surface area contributed by atoms with E-state index in [1.807, 2.05) is 11.3 Å². The van der Waals surface area contributed by atoms with Crippen molar-refractivity contribution in [2.45, 2.75) is 40.5 Å². The van der Waals surface area contributed by atoms with Crippen LogP contribution in [0.5, 0.6) is 0 Å². The second-order valence-corrected chi connectivity index (χ2v) is 8.51. The van der Waals surface area contributed by atoms with Gasteiger partial charge < -0.3 is 5.32 Å². The molecule has 1 rings (SSSR count). The highest BCUT2D eigenvalue weighted by atomic mass is 79.9. The molecule has 104 valence electrons. The Balaban J connectivity index is 2.44. The molecule has 3 heteroatoms. The Morgan fingerprint density at radius 1 is 1.11 bits per heavy atom. The lowest BCUT2D eigenvalue weighted by atomic mass is 9.93. The van der Waals surface area contributed by atoms with Crippen LogP contribution in [0.25, 0.3) is 0 Å². The zero-order chi connectivity index (χ0) is 13.5. The van der Waals surface area contributed by atoms with E-state index in [9.17, 15) is 0 Å². The molecule has 0 amide bonds. The molecular weight excluding hydrogens is 306 g/mol. The molecule has 0 aliphatic heterocycles. The quantitative estimate of drug-likeness (QED) is 0.709. The van der Waals surface area contributed by atoms with Crippen molar-refractivity contribution in [1.29, 1.82) is 0 Å². The largest absolute Gasteiger partial charge is 0.316 e. The lowest BCUT2D eigenvalue weighted by Gasteiger charge is -2.19. The maximum absolute atomic E-state index is 3.61. The van der Waals surface area contributed by atoms with Gasteiger partial charge in [-0.3, -0.25) is 0 Å². The highest BCUT2D eigenvalue weighted by Gasteiger charge is 2.13. The fraction of sp³-hybridized carbons (Fsp3) is 0.733. The van der Waals surface area contributed by atoms with Crippen LogP contribution < -0.4 is 5.32 Å². The predicted molar refractivity (Wildman–Crippen MR) is 86.4 cm³/mol. The van der Waals surface area contributed by atoms with E-state index in [4.69, 9.17) is 0 Å². The molecule has 0 aliphatic rings. The topological polar surface area (TPSA) is 12.0 Å². The van der Waals surface area contributed by atoms with Crippen molar-refractivity contribution in [2.75, 3.05) is 13.1 Å². The van der Waals surface area contributed by atoms with E-state index in [2.05, 4.69) is 61.1 Å². The fourth-order valence-electron chi connectivity index (χ4n) is 2.23. The van der Waals surface area contributed by atoms with E-state index in [0.29, 0.717) is 0 Å². The van der Waals surface area contributed by atoms with Gasteiger partial charge in [0.1, 0.15) is 0 Å². The molecule has 0 saturated heterocycles. The van der Waals surface area contributed by atoms with Crippen LogP contribution in [-0.2, 0) is 6.42 Å². The molecule has 1 nitrogen and oxygen atoms in total. The molecule has 0 aromatic carbocycles. The van der Waals surface area contributed by atoms with Crippen LogP contribution in [-0.4, -0.2) is 13.1 Å². The van der Waals surface area contributed by atoms with E-state index >= 15 is 0 Å². The van der Waals surface area contributed by atoms with Gasteiger partial charge in [0.15, 0.2) is 0 Å². The van der Waals surface area contributed by atoms with Crippen LogP contribution in [0.15, 0.2) is 15.9 Å². The van der Waals surface area contributed by atoms with Crippen molar-refractivity contribution in [3.05, 3.63) is 20.8 Å². The van der Waals surface area contributed by atoms with Crippen molar-refractivity contribution in [2.24, 2.45) is 17.8 Å². The standard InChI is InChI=1S/C15H26BrNS/c1-11(2)7-13(10-17-9-12(3)4)8-14-5-6-15(16)18-14/h5-6,11-13,17H,7-10H2,1-4H3. The summed E-state index contributed by atoms with van der Waals surface area (Å²) in [6, 6.07) is 4.42. The van der Waals surface area contributed by atoms with E-state index in [-0.39, 0.29) is 0 Å². The first-order valence-electron chi connectivity index (χ1n) is 6.92. The third-order valence-electron chi connectivity index (χ3n) is 2.91. The zero-order valence-corrected chi connectivity index (χ0v) is 14.4. The lowest BCUT2D eigenvalue weighted by molar-refractivity contribution is 0.378. The Labute approximate surface area is 125 Å². The minimum absolute atomic E-state index is 0.737. The van der Waals surface area contributed by atoms with Gasteiger partial charge in [0.25, 0.3) is 0 Å². The molecule has 0 saturated carbocycles. The van der Waals surface area contributed by atoms with Crippen LogP contribution in [0, 0.1) is 17.8 Å². The Hall–Kier alpha value is 0.140. The number of hydrogen-bond donors (Lipinski definition) is 1. The molecule has 0 radical (unpaired) electrons. The van der Waals surface area contributed by atoms with Crippen LogP contribution in [0.3, 0.4) is 0 Å². The molecule has 1 N–H and O–H groups in total. The fourth-order valence-corrected chi connectivity index (χ4v) is 3.83. The highest BCUT2D eigenvalue weighted by molar-refractivity contribution is 9.11. The van der Waals surface area contributed by atoms with Gasteiger partial charge >= 0.3 is 0 Å². The Kier molecular flexibility index (Phi) is 7.50. The monoisotopic (exact) mass is 331 g/mol. The van der Waals surface area contributed by atoms with Gasteiger partial charge in [0.05, 0.1) is 3.79 Å². The minimum atomic E-state index is 0.737. The second kappa shape index (κ2) is 8.34. The average Bonchev–Trinajstić information content (AvgIpc) is 2.62. The summed E-state index contributed by atoms with van der Waals surface area (Å²) in [7, 11) is 0. The molecule has 0 fully saturated rings. The van der Waals surface area contributed by atoms with Gasteiger partial charge in [-0.25, -0.2) is 0 Å². The van der Waals surface area contributed by atoms with Crippen molar-refractivity contribution in [3.8, 4) is 0 Å². The smallest absolute Gasteiger partial charge is 0.0701 e. The molecule has 1 heterocycles. The summed E-state index contributed by atoms with van der Waals surface area (Å²) in [5, 5.41) is 3.61. The molecule has 18 heavy (non-hydrogen) atoms. The molecule has 0 bridgehead atoms. The third-order valence-corrected chi connectivity index (χ3v) is 4.56. The Bertz CT molecular complexity index is 333. The van der Waals surface area contributed by atoms with Gasteiger partial charge in [-0.1, -0.05) is 27.7 Å². The predicted octanol–water partition coefficient (Wildman–Crippen LogP) is 4.96. The molecule has 1 aromatic rings. The summed E-state index contributed by atoms with van der Waals surface area (Å²) in [6.07, 6.45) is 2.51. The molecule has 1 unspecified atom stereocenters. The van der Waals surface area contributed by atoms with E-state index in [0.717, 1.165) is 30.8 Å². The van der Waals surface area contributed by atoms with E-state index in [1.54, 1.807) is 0 Å². The van der Waals surface area contributed by atoms with E-state index < -0.39 is 0 Å². The van der Waals surface area contributed by atoms with Crippen molar-refractivity contribution in [3.63, 3.8) is 0 Å². The minimum Gasteiger partial charge on any atom is -0.316 e. The maximum Gasteiger partial charge on any atom is 0.0701 e. The number of hydrogen-bond acceptors (Lipinski definition) is 2. The van der Waals surface area contributed by atoms with Gasteiger partial charge in [-0.15, -0.1) is 11.3 Å². The SMILES string of the molecule is CC(C)CNCC(Cc1ccc(Br)s1)CC(C)C. The molecule has 1 aromatic heterocycles. The van der Waals surface area contributed by atoms with E-state index in [1.165, 1.54) is 21.5 Å². The number of halogens is 1. The van der Waals surface area contributed by atoms with Gasteiger partial charge in [-0.2, -0.15) is 0 Å². The highest BCUT2D eigenvalue weighted by Crippen LogP contribution is 2.26. The van der Waals surface area contributed by atoms with Crippen molar-refractivity contribution < 1.29 is 0 Å². The summed E-state index contributed by atoms with van der Waals surface area (Å²) in [5.41, 5.74) is 0. The van der Waals surface area contributed by atoms with Crippen LogP contribution in [0.4, 0.5) is 0 Å². The average molecular weight is 332 g/mol. The molecule has 1 atom stereocenters. The second-order valence-electron chi connectivity index (χ2n) is 5.96. The summed E-state index contributed by atoms with van der Waals surface area (Å²) in [5.74, 6) is 2.27. The zero-order valence-electron chi connectivity index (χ0n) is 12.0. The van der Waals surface area contributed by atoms with Crippen molar-refractivity contribution in [1.82, 2.24) is 5.32 Å². The van der Waals surface area contributed by atoms with Gasteiger partial charge in [0.2, 0.25) is 0 Å². The van der Waals surface area contributed by atoms with Gasteiger partial charge in [-0.05, 0) is 71.7 Å². The molecular formula is C15H26BrNS. The first-order chi connectivity index (χ1) is 8.47. The number of rotatable bonds is 8. The Morgan fingerprint density at radius 3 is 2.33 bits per heavy atom. The number of thiophene rings is 1. The van der Waals surface area contributed by atoms with Crippen LogP contribution >= 0.6 is 27.3 Å². The normalized spacial score (nSPS) is 13.5. The van der Waals surface area contributed by atoms with Crippen LogP contribution in [0.1, 0.15) is 39.0 Å². The first kappa shape index (κ1) is 16.2. The Morgan fingerprint density at radius 2 is 1.83 bits per heavy atom. The van der Waals surface area contributed by atoms with Crippen molar-refractivity contribution >= 4 is 27.3 Å². The molecule has 0 spiro atoms.